The monoisotopic (exact) mass is 306 g/mol. The van der Waals surface area contributed by atoms with E-state index in [4.69, 9.17) is 0 Å². The highest BCUT2D eigenvalue weighted by atomic mass is 16.4. The van der Waals surface area contributed by atoms with Gasteiger partial charge >= 0.3 is 5.97 Å². The van der Waals surface area contributed by atoms with E-state index in [9.17, 15) is 9.90 Å². The number of H-pyrrole nitrogens is 1. The lowest BCUT2D eigenvalue weighted by molar-refractivity contribution is -0.139. The number of hydrogen-bond acceptors (Lipinski definition) is 2. The molecule has 0 saturated heterocycles. The number of carboxylic acid groups (broad SMARTS) is 1. The lowest BCUT2D eigenvalue weighted by Crippen LogP contribution is -2.44. The third kappa shape index (κ3) is 2.32. The number of aromatic amines is 1. The van der Waals surface area contributed by atoms with Crippen molar-refractivity contribution in [2.45, 2.75) is 25.4 Å². The second-order valence-corrected chi connectivity index (χ2v) is 6.17. The molecule has 3 N–H and O–H groups in total. The fraction of sp³-hybridized carbons (Fsp3) is 0.211. The second kappa shape index (κ2) is 5.25. The van der Waals surface area contributed by atoms with Gasteiger partial charge in [-0.1, -0.05) is 48.0 Å². The van der Waals surface area contributed by atoms with Crippen LogP contribution < -0.4 is 5.32 Å². The fourth-order valence-corrected chi connectivity index (χ4v) is 3.42. The quantitative estimate of drug-likeness (QED) is 0.681. The zero-order valence-electron chi connectivity index (χ0n) is 12.8. The summed E-state index contributed by atoms with van der Waals surface area (Å²) in [7, 11) is 0. The summed E-state index contributed by atoms with van der Waals surface area (Å²) in [6, 6.07) is 15.6. The molecular weight excluding hydrogens is 288 g/mol. The second-order valence-electron chi connectivity index (χ2n) is 6.17. The van der Waals surface area contributed by atoms with E-state index in [0.29, 0.717) is 6.42 Å². The van der Waals surface area contributed by atoms with Gasteiger partial charge in [0.05, 0.1) is 6.04 Å². The summed E-state index contributed by atoms with van der Waals surface area (Å²) < 4.78 is 0. The molecule has 4 rings (SSSR count). The maximum Gasteiger partial charge on any atom is 0.321 e. The molecule has 4 nitrogen and oxygen atoms in total. The van der Waals surface area contributed by atoms with Crippen LogP contribution >= 0.6 is 0 Å². The van der Waals surface area contributed by atoms with Gasteiger partial charge < -0.3 is 10.1 Å². The lowest BCUT2D eigenvalue weighted by atomic mass is 9.90. The van der Waals surface area contributed by atoms with Crippen molar-refractivity contribution < 1.29 is 9.90 Å². The van der Waals surface area contributed by atoms with Gasteiger partial charge in [-0.2, -0.15) is 0 Å². The van der Waals surface area contributed by atoms with Crippen molar-refractivity contribution in [2.75, 3.05) is 0 Å². The van der Waals surface area contributed by atoms with E-state index in [1.165, 1.54) is 5.56 Å². The van der Waals surface area contributed by atoms with Crippen LogP contribution in [0.2, 0.25) is 0 Å². The summed E-state index contributed by atoms with van der Waals surface area (Å²) in [4.78, 5) is 15.1. The molecule has 0 fully saturated rings. The minimum absolute atomic E-state index is 0.132. The van der Waals surface area contributed by atoms with Crippen molar-refractivity contribution in [1.29, 1.82) is 0 Å². The molecule has 1 aromatic heterocycles. The minimum Gasteiger partial charge on any atom is -0.480 e. The summed E-state index contributed by atoms with van der Waals surface area (Å²) in [6.07, 6.45) is 0.497. The molecule has 1 aliphatic heterocycles. The molecule has 0 aliphatic carbocycles. The van der Waals surface area contributed by atoms with E-state index in [2.05, 4.69) is 40.6 Å². The highest BCUT2D eigenvalue weighted by molar-refractivity contribution is 5.87. The number of rotatable bonds is 2. The van der Waals surface area contributed by atoms with E-state index in [1.54, 1.807) is 0 Å². The molecule has 116 valence electrons. The number of aryl methyl sites for hydroxylation is 1. The molecule has 3 aromatic rings. The third-order valence-corrected chi connectivity index (χ3v) is 4.62. The molecule has 4 heteroatoms. The Bertz CT molecular complexity index is 880. The van der Waals surface area contributed by atoms with E-state index in [0.717, 1.165) is 27.7 Å². The molecule has 0 unspecified atom stereocenters. The third-order valence-electron chi connectivity index (χ3n) is 4.62. The maximum absolute atomic E-state index is 11.6. The Kier molecular flexibility index (Phi) is 3.20. The van der Waals surface area contributed by atoms with Crippen molar-refractivity contribution in [3.8, 4) is 0 Å². The Morgan fingerprint density at radius 3 is 2.61 bits per heavy atom. The number of carboxylic acids is 1. The van der Waals surface area contributed by atoms with Gasteiger partial charge in [0.1, 0.15) is 6.04 Å². The molecule has 0 bridgehead atoms. The van der Waals surface area contributed by atoms with Gasteiger partial charge in [0.2, 0.25) is 0 Å². The molecule has 0 radical (unpaired) electrons. The highest BCUT2D eigenvalue weighted by Gasteiger charge is 2.33. The average molecular weight is 306 g/mol. The van der Waals surface area contributed by atoms with Gasteiger partial charge in [-0.3, -0.25) is 10.1 Å². The molecule has 0 saturated carbocycles. The summed E-state index contributed by atoms with van der Waals surface area (Å²) in [5.41, 5.74) is 5.51. The van der Waals surface area contributed by atoms with E-state index >= 15 is 0 Å². The minimum atomic E-state index is -0.807. The van der Waals surface area contributed by atoms with Crippen molar-refractivity contribution in [3.05, 3.63) is 70.9 Å². The summed E-state index contributed by atoms with van der Waals surface area (Å²) in [6.45, 7) is 2.05. The number of fused-ring (bicyclic) bond motifs is 3. The van der Waals surface area contributed by atoms with Crippen LogP contribution in [0, 0.1) is 6.92 Å². The first kappa shape index (κ1) is 14.0. The van der Waals surface area contributed by atoms with Crippen LogP contribution in [0.4, 0.5) is 0 Å². The molecule has 2 heterocycles. The number of hydrogen-bond donors (Lipinski definition) is 3. The Morgan fingerprint density at radius 1 is 1.13 bits per heavy atom. The normalized spacial score (nSPS) is 20.4. The van der Waals surface area contributed by atoms with Crippen LogP contribution in [0.15, 0.2) is 48.5 Å². The number of aromatic nitrogens is 1. The largest absolute Gasteiger partial charge is 0.480 e. The van der Waals surface area contributed by atoms with Crippen molar-refractivity contribution in [1.82, 2.24) is 10.3 Å². The van der Waals surface area contributed by atoms with Crippen molar-refractivity contribution in [2.24, 2.45) is 0 Å². The van der Waals surface area contributed by atoms with E-state index in [-0.39, 0.29) is 6.04 Å². The number of aliphatic carboxylic acids is 1. The maximum atomic E-state index is 11.6. The van der Waals surface area contributed by atoms with Gasteiger partial charge in [-0.05, 0) is 24.1 Å². The predicted octanol–water partition coefficient (Wildman–Crippen LogP) is 3.16. The first-order valence-electron chi connectivity index (χ1n) is 7.78. The number of carbonyl (C=O) groups is 1. The Morgan fingerprint density at radius 2 is 1.87 bits per heavy atom. The molecule has 0 amide bonds. The summed E-state index contributed by atoms with van der Waals surface area (Å²) in [5, 5.41) is 13.9. The van der Waals surface area contributed by atoms with E-state index < -0.39 is 12.0 Å². The van der Waals surface area contributed by atoms with Crippen LogP contribution in [0.25, 0.3) is 10.9 Å². The average Bonchev–Trinajstić information content (AvgIpc) is 2.93. The van der Waals surface area contributed by atoms with Gasteiger partial charge in [0, 0.05) is 23.0 Å². The van der Waals surface area contributed by atoms with Crippen LogP contribution in [0.3, 0.4) is 0 Å². The van der Waals surface area contributed by atoms with Gasteiger partial charge in [-0.15, -0.1) is 0 Å². The smallest absolute Gasteiger partial charge is 0.321 e. The lowest BCUT2D eigenvalue weighted by Gasteiger charge is -2.29. The van der Waals surface area contributed by atoms with E-state index in [1.807, 2.05) is 25.1 Å². The Balaban J connectivity index is 1.89. The fourth-order valence-electron chi connectivity index (χ4n) is 3.42. The van der Waals surface area contributed by atoms with Gasteiger partial charge in [0.25, 0.3) is 0 Å². The standard InChI is InChI=1S/C19H18N2O2/c1-11-6-8-12(9-7-11)17-18-14(10-16(21-17)19(22)23)13-4-2-3-5-15(13)20-18/h2-9,16-17,20-21H,10H2,1H3,(H,22,23)/t16-,17-/m0/s1. The number of benzene rings is 2. The number of nitrogens with one attached hydrogen (secondary N) is 2. The van der Waals surface area contributed by atoms with Crippen molar-refractivity contribution in [3.63, 3.8) is 0 Å². The molecule has 0 spiro atoms. The SMILES string of the molecule is Cc1ccc([C@@H]2N[C@H](C(=O)O)Cc3c2[nH]c2ccccc32)cc1. The Hall–Kier alpha value is -2.59. The topological polar surface area (TPSA) is 65.1 Å². The van der Waals surface area contributed by atoms with Crippen LogP contribution in [-0.2, 0) is 11.2 Å². The molecule has 1 aliphatic rings. The molecule has 23 heavy (non-hydrogen) atoms. The van der Waals surface area contributed by atoms with Crippen LogP contribution in [0.1, 0.15) is 28.4 Å². The number of para-hydroxylation sites is 1. The first-order chi connectivity index (χ1) is 11.1. The zero-order valence-corrected chi connectivity index (χ0v) is 12.8. The van der Waals surface area contributed by atoms with Crippen LogP contribution in [-0.4, -0.2) is 22.1 Å². The van der Waals surface area contributed by atoms with Crippen molar-refractivity contribution >= 4 is 16.9 Å². The molecular formula is C19H18N2O2. The summed E-state index contributed by atoms with van der Waals surface area (Å²) >= 11 is 0. The Labute approximate surface area is 134 Å². The highest BCUT2D eigenvalue weighted by Crippen LogP contribution is 2.35. The van der Waals surface area contributed by atoms with Gasteiger partial charge in [0.15, 0.2) is 0 Å². The zero-order chi connectivity index (χ0) is 16.0. The first-order valence-corrected chi connectivity index (χ1v) is 7.78. The summed E-state index contributed by atoms with van der Waals surface area (Å²) in [5.74, 6) is -0.807. The molecule has 2 atom stereocenters. The van der Waals surface area contributed by atoms with Crippen LogP contribution in [0.5, 0.6) is 0 Å². The molecule has 2 aromatic carbocycles. The predicted molar refractivity (Wildman–Crippen MR) is 89.6 cm³/mol. The van der Waals surface area contributed by atoms with Gasteiger partial charge in [-0.25, -0.2) is 0 Å².